The zero-order valence-corrected chi connectivity index (χ0v) is 9.40. The third-order valence-corrected chi connectivity index (χ3v) is 2.25. The minimum Gasteiger partial charge on any atom is -0.420 e. The first-order chi connectivity index (χ1) is 7.66. The molecular formula is C11H10ClN3O. The van der Waals surface area contributed by atoms with E-state index in [-0.39, 0.29) is 6.01 Å². The summed E-state index contributed by atoms with van der Waals surface area (Å²) in [6, 6.07) is 5.38. The van der Waals surface area contributed by atoms with E-state index in [0.29, 0.717) is 16.5 Å². The van der Waals surface area contributed by atoms with Crippen LogP contribution in [0.4, 0.5) is 5.69 Å². The van der Waals surface area contributed by atoms with Crippen molar-refractivity contribution >= 4 is 17.3 Å². The molecule has 2 rings (SSSR count). The van der Waals surface area contributed by atoms with Crippen LogP contribution in [-0.4, -0.2) is 9.97 Å². The second-order valence-corrected chi connectivity index (χ2v) is 3.71. The number of hydrogen-bond donors (Lipinski definition) is 1. The molecule has 0 saturated carbocycles. The molecule has 0 bridgehead atoms. The Hall–Kier alpha value is -1.81. The first-order valence-corrected chi connectivity index (χ1v) is 5.05. The van der Waals surface area contributed by atoms with Crippen molar-refractivity contribution < 1.29 is 4.74 Å². The fourth-order valence-corrected chi connectivity index (χ4v) is 1.38. The van der Waals surface area contributed by atoms with Crippen LogP contribution in [0.2, 0.25) is 5.02 Å². The Bertz CT molecular complexity index is 479. The summed E-state index contributed by atoms with van der Waals surface area (Å²) in [6.07, 6.45) is 3.32. The van der Waals surface area contributed by atoms with Crippen molar-refractivity contribution in [3.05, 3.63) is 41.2 Å². The number of hydrogen-bond acceptors (Lipinski definition) is 4. The molecule has 82 valence electrons. The number of aryl methyl sites for hydroxylation is 1. The molecule has 0 saturated heterocycles. The van der Waals surface area contributed by atoms with Gasteiger partial charge in [0, 0.05) is 12.4 Å². The maximum absolute atomic E-state index is 5.95. The zero-order valence-electron chi connectivity index (χ0n) is 8.64. The Morgan fingerprint density at radius 1 is 1.25 bits per heavy atom. The number of nitrogens with zero attached hydrogens (tertiary/aromatic N) is 2. The maximum atomic E-state index is 5.95. The van der Waals surface area contributed by atoms with Crippen molar-refractivity contribution in [2.24, 2.45) is 0 Å². The van der Waals surface area contributed by atoms with Crippen LogP contribution in [0.3, 0.4) is 0 Å². The summed E-state index contributed by atoms with van der Waals surface area (Å²) in [5.74, 6) is 0.382. The minimum absolute atomic E-state index is 0.227. The van der Waals surface area contributed by atoms with Gasteiger partial charge in [-0.3, -0.25) is 0 Å². The van der Waals surface area contributed by atoms with E-state index in [0.717, 1.165) is 5.56 Å². The number of halogens is 1. The molecule has 2 N–H and O–H groups in total. The molecule has 0 unspecified atom stereocenters. The first kappa shape index (κ1) is 10.7. The van der Waals surface area contributed by atoms with Gasteiger partial charge in [0.2, 0.25) is 0 Å². The van der Waals surface area contributed by atoms with E-state index in [2.05, 4.69) is 9.97 Å². The average molecular weight is 236 g/mol. The summed E-state index contributed by atoms with van der Waals surface area (Å²) in [5, 5.41) is 0.434. The summed E-state index contributed by atoms with van der Waals surface area (Å²) >= 11 is 5.95. The number of anilines is 1. The zero-order chi connectivity index (χ0) is 11.5. The number of nitrogen functional groups attached to an aromatic ring is 1. The summed E-state index contributed by atoms with van der Waals surface area (Å²) < 4.78 is 5.42. The molecule has 0 atom stereocenters. The van der Waals surface area contributed by atoms with Crippen LogP contribution >= 0.6 is 11.6 Å². The van der Waals surface area contributed by atoms with Gasteiger partial charge in [0.1, 0.15) is 0 Å². The van der Waals surface area contributed by atoms with Crippen molar-refractivity contribution in [2.75, 3.05) is 5.73 Å². The highest BCUT2D eigenvalue weighted by atomic mass is 35.5. The van der Waals surface area contributed by atoms with Crippen molar-refractivity contribution in [1.29, 1.82) is 0 Å². The number of rotatable bonds is 2. The highest BCUT2D eigenvalue weighted by Gasteiger charge is 2.08. The highest BCUT2D eigenvalue weighted by molar-refractivity contribution is 6.32. The lowest BCUT2D eigenvalue weighted by molar-refractivity contribution is 0.443. The number of benzene rings is 1. The molecule has 16 heavy (non-hydrogen) atoms. The van der Waals surface area contributed by atoms with E-state index in [1.807, 2.05) is 6.92 Å². The Kier molecular flexibility index (Phi) is 2.92. The molecule has 0 aliphatic rings. The molecule has 0 aliphatic carbocycles. The molecule has 1 heterocycles. The van der Waals surface area contributed by atoms with Gasteiger partial charge in [-0.25, -0.2) is 9.97 Å². The van der Waals surface area contributed by atoms with Crippen molar-refractivity contribution in [1.82, 2.24) is 9.97 Å². The van der Waals surface area contributed by atoms with Gasteiger partial charge < -0.3 is 10.5 Å². The van der Waals surface area contributed by atoms with Crippen LogP contribution in [-0.2, 0) is 0 Å². The summed E-state index contributed by atoms with van der Waals surface area (Å²) in [5.41, 5.74) is 7.15. The van der Waals surface area contributed by atoms with E-state index in [1.54, 1.807) is 30.6 Å². The van der Waals surface area contributed by atoms with E-state index >= 15 is 0 Å². The van der Waals surface area contributed by atoms with Gasteiger partial charge in [-0.1, -0.05) is 17.7 Å². The van der Waals surface area contributed by atoms with Gasteiger partial charge in [-0.15, -0.1) is 0 Å². The molecule has 0 amide bonds. The topological polar surface area (TPSA) is 61.0 Å². The second kappa shape index (κ2) is 4.37. The molecule has 1 aromatic carbocycles. The van der Waals surface area contributed by atoms with Gasteiger partial charge in [-0.05, 0) is 24.6 Å². The van der Waals surface area contributed by atoms with Crippen molar-refractivity contribution in [2.45, 2.75) is 6.92 Å². The van der Waals surface area contributed by atoms with Crippen LogP contribution in [0.15, 0.2) is 30.6 Å². The van der Waals surface area contributed by atoms with Gasteiger partial charge in [-0.2, -0.15) is 0 Å². The van der Waals surface area contributed by atoms with E-state index in [4.69, 9.17) is 22.1 Å². The van der Waals surface area contributed by atoms with E-state index < -0.39 is 0 Å². The minimum atomic E-state index is 0.227. The Labute approximate surface area is 98.0 Å². The number of aromatic nitrogens is 2. The number of para-hydroxylation sites is 1. The first-order valence-electron chi connectivity index (χ1n) is 4.67. The van der Waals surface area contributed by atoms with Crippen LogP contribution < -0.4 is 10.5 Å². The fourth-order valence-electron chi connectivity index (χ4n) is 1.16. The molecule has 0 fully saturated rings. The third kappa shape index (κ3) is 2.23. The standard InChI is InChI=1S/C11H10ClN3O/c1-7-5-14-11(15-6-7)16-10-8(12)3-2-4-9(10)13/h2-6H,13H2,1H3. The average Bonchev–Trinajstić information content (AvgIpc) is 2.26. The molecule has 1 aromatic heterocycles. The fraction of sp³-hybridized carbons (Fsp3) is 0.0909. The molecule has 0 spiro atoms. The predicted octanol–water partition coefficient (Wildman–Crippen LogP) is 2.81. The molecule has 0 radical (unpaired) electrons. The molecule has 4 nitrogen and oxygen atoms in total. The van der Waals surface area contributed by atoms with Crippen molar-refractivity contribution in [3.8, 4) is 11.8 Å². The summed E-state index contributed by atoms with van der Waals surface area (Å²) in [4.78, 5) is 8.02. The van der Waals surface area contributed by atoms with Gasteiger partial charge in [0.15, 0.2) is 5.75 Å². The Morgan fingerprint density at radius 2 is 1.94 bits per heavy atom. The lowest BCUT2D eigenvalue weighted by atomic mass is 10.3. The maximum Gasteiger partial charge on any atom is 0.321 e. The Morgan fingerprint density at radius 3 is 2.56 bits per heavy atom. The van der Waals surface area contributed by atoms with Crippen LogP contribution in [0, 0.1) is 6.92 Å². The van der Waals surface area contributed by atoms with Gasteiger partial charge in [0.25, 0.3) is 0 Å². The lowest BCUT2D eigenvalue weighted by Gasteiger charge is -2.07. The van der Waals surface area contributed by atoms with Gasteiger partial charge in [0.05, 0.1) is 10.7 Å². The SMILES string of the molecule is Cc1cnc(Oc2c(N)cccc2Cl)nc1. The predicted molar refractivity (Wildman–Crippen MR) is 62.7 cm³/mol. The van der Waals surface area contributed by atoms with E-state index in [9.17, 15) is 0 Å². The quantitative estimate of drug-likeness (QED) is 0.813. The van der Waals surface area contributed by atoms with Crippen LogP contribution in [0.5, 0.6) is 11.8 Å². The molecular weight excluding hydrogens is 226 g/mol. The largest absolute Gasteiger partial charge is 0.420 e. The van der Waals surface area contributed by atoms with Gasteiger partial charge >= 0.3 is 6.01 Å². The van der Waals surface area contributed by atoms with Crippen LogP contribution in [0.1, 0.15) is 5.56 Å². The lowest BCUT2D eigenvalue weighted by Crippen LogP contribution is -1.96. The molecule has 2 aromatic rings. The van der Waals surface area contributed by atoms with E-state index in [1.165, 1.54) is 0 Å². The summed E-state index contributed by atoms with van der Waals surface area (Å²) in [6.45, 7) is 1.90. The number of ether oxygens (including phenoxy) is 1. The smallest absolute Gasteiger partial charge is 0.321 e. The molecule has 5 heteroatoms. The number of nitrogens with two attached hydrogens (primary N) is 1. The highest BCUT2D eigenvalue weighted by Crippen LogP contribution is 2.33. The summed E-state index contributed by atoms with van der Waals surface area (Å²) in [7, 11) is 0. The van der Waals surface area contributed by atoms with Crippen LogP contribution in [0.25, 0.3) is 0 Å². The van der Waals surface area contributed by atoms with Crippen molar-refractivity contribution in [3.63, 3.8) is 0 Å². The second-order valence-electron chi connectivity index (χ2n) is 3.30. The third-order valence-electron chi connectivity index (χ3n) is 1.95. The molecule has 0 aliphatic heterocycles. The monoisotopic (exact) mass is 235 g/mol. The normalized spacial score (nSPS) is 10.1. The Balaban J connectivity index is 2.30.